The molecule has 0 spiro atoms. The van der Waals surface area contributed by atoms with E-state index in [-0.39, 0.29) is 6.04 Å². The third-order valence-electron chi connectivity index (χ3n) is 3.21. The highest BCUT2D eigenvalue weighted by molar-refractivity contribution is 9.10. The van der Waals surface area contributed by atoms with E-state index in [0.29, 0.717) is 0 Å². The lowest BCUT2D eigenvalue weighted by atomic mass is 10.1. The van der Waals surface area contributed by atoms with Crippen LogP contribution in [0, 0.1) is 0 Å². The summed E-state index contributed by atoms with van der Waals surface area (Å²) < 4.78 is 11.7. The summed E-state index contributed by atoms with van der Waals surface area (Å²) in [4.78, 5) is 0. The molecule has 1 N–H and O–H groups in total. The maximum Gasteiger partial charge on any atom is 0.169 e. The zero-order chi connectivity index (χ0) is 13.8. The van der Waals surface area contributed by atoms with Crippen LogP contribution in [0.5, 0.6) is 0 Å². The minimum Gasteiger partial charge on any atom is -0.453 e. The molecule has 19 heavy (non-hydrogen) atoms. The van der Waals surface area contributed by atoms with E-state index in [0.717, 1.165) is 41.3 Å². The number of hydrogen-bond acceptors (Lipinski definition) is 4. The number of hydrogen-bond donors (Lipinski definition) is 1. The van der Waals surface area contributed by atoms with Crippen LogP contribution in [-0.2, 0) is 19.4 Å². The lowest BCUT2D eigenvalue weighted by Gasteiger charge is -2.11. The van der Waals surface area contributed by atoms with Crippen LogP contribution in [0.1, 0.15) is 49.6 Å². The zero-order valence-electron chi connectivity index (χ0n) is 11.5. The van der Waals surface area contributed by atoms with Gasteiger partial charge in [0.25, 0.3) is 0 Å². The molecule has 4 nitrogen and oxygen atoms in total. The highest BCUT2D eigenvalue weighted by Gasteiger charge is 2.15. The normalized spacial score (nSPS) is 12.8. The standard InChI is InChI=1S/C14H19BrN2O2/c1-4-11-10(12(5-2)19-17-11)8-16-9(3)13-6-7-14(15)18-13/h6-7,9,16H,4-5,8H2,1-3H3. The topological polar surface area (TPSA) is 51.2 Å². The lowest BCUT2D eigenvalue weighted by Crippen LogP contribution is -2.18. The molecule has 0 amide bonds. The molecule has 1 unspecified atom stereocenters. The SMILES string of the molecule is CCc1noc(CC)c1CNC(C)c1ccc(Br)o1. The third-order valence-corrected chi connectivity index (χ3v) is 3.64. The number of nitrogens with one attached hydrogen (secondary N) is 1. The summed E-state index contributed by atoms with van der Waals surface area (Å²) in [6.45, 7) is 7.00. The molecule has 0 bridgehead atoms. The monoisotopic (exact) mass is 326 g/mol. The van der Waals surface area contributed by atoms with Gasteiger partial charge in [-0.2, -0.15) is 0 Å². The summed E-state index contributed by atoms with van der Waals surface area (Å²) in [6.07, 6.45) is 1.76. The molecule has 0 aliphatic carbocycles. The first kappa shape index (κ1) is 14.3. The molecule has 0 aliphatic rings. The average molecular weight is 327 g/mol. The van der Waals surface area contributed by atoms with Crippen molar-refractivity contribution < 1.29 is 8.94 Å². The van der Waals surface area contributed by atoms with Gasteiger partial charge in [0.15, 0.2) is 4.67 Å². The van der Waals surface area contributed by atoms with Gasteiger partial charge in [0.2, 0.25) is 0 Å². The second kappa shape index (κ2) is 6.39. The molecule has 1 atom stereocenters. The van der Waals surface area contributed by atoms with Crippen LogP contribution in [0.3, 0.4) is 0 Å². The summed E-state index contributed by atoms with van der Waals surface area (Å²) in [5, 5.41) is 7.56. The van der Waals surface area contributed by atoms with Gasteiger partial charge in [-0.3, -0.25) is 0 Å². The van der Waals surface area contributed by atoms with Gasteiger partial charge in [-0.25, -0.2) is 0 Å². The molecule has 0 saturated heterocycles. The Morgan fingerprint density at radius 1 is 1.32 bits per heavy atom. The van der Waals surface area contributed by atoms with Crippen molar-refractivity contribution >= 4 is 15.9 Å². The predicted octanol–water partition coefficient (Wildman–Crippen LogP) is 4.01. The van der Waals surface area contributed by atoms with Gasteiger partial charge in [-0.15, -0.1) is 0 Å². The molecule has 2 aromatic heterocycles. The Hall–Kier alpha value is -1.07. The number of aryl methyl sites for hydroxylation is 2. The van der Waals surface area contributed by atoms with E-state index < -0.39 is 0 Å². The van der Waals surface area contributed by atoms with E-state index in [1.807, 2.05) is 12.1 Å². The smallest absolute Gasteiger partial charge is 0.169 e. The predicted molar refractivity (Wildman–Crippen MR) is 76.9 cm³/mol. The van der Waals surface area contributed by atoms with E-state index in [4.69, 9.17) is 8.94 Å². The lowest BCUT2D eigenvalue weighted by molar-refractivity contribution is 0.378. The van der Waals surface area contributed by atoms with Gasteiger partial charge in [0, 0.05) is 18.5 Å². The second-order valence-corrected chi connectivity index (χ2v) is 5.26. The third kappa shape index (κ3) is 3.28. The fourth-order valence-corrected chi connectivity index (χ4v) is 2.37. The van der Waals surface area contributed by atoms with Gasteiger partial charge in [0.1, 0.15) is 11.5 Å². The molecule has 5 heteroatoms. The Morgan fingerprint density at radius 3 is 2.68 bits per heavy atom. The first-order valence-electron chi connectivity index (χ1n) is 6.60. The number of halogens is 1. The fourth-order valence-electron chi connectivity index (χ4n) is 2.05. The quantitative estimate of drug-likeness (QED) is 0.871. The van der Waals surface area contributed by atoms with Crippen molar-refractivity contribution in [2.24, 2.45) is 0 Å². The van der Waals surface area contributed by atoms with Crippen molar-refractivity contribution in [3.63, 3.8) is 0 Å². The summed E-state index contributed by atoms with van der Waals surface area (Å²) >= 11 is 3.32. The van der Waals surface area contributed by atoms with Crippen molar-refractivity contribution in [2.75, 3.05) is 0 Å². The maximum absolute atomic E-state index is 5.54. The van der Waals surface area contributed by atoms with Gasteiger partial charge in [0.05, 0.1) is 11.7 Å². The number of nitrogens with zero attached hydrogens (tertiary/aromatic N) is 1. The minimum absolute atomic E-state index is 0.149. The van der Waals surface area contributed by atoms with E-state index >= 15 is 0 Å². The van der Waals surface area contributed by atoms with Gasteiger partial charge in [-0.05, 0) is 41.4 Å². The highest BCUT2D eigenvalue weighted by atomic mass is 79.9. The van der Waals surface area contributed by atoms with Crippen LogP contribution < -0.4 is 5.32 Å². The molecule has 0 saturated carbocycles. The van der Waals surface area contributed by atoms with Crippen molar-refractivity contribution in [3.8, 4) is 0 Å². The van der Waals surface area contributed by atoms with Crippen molar-refractivity contribution in [3.05, 3.63) is 39.6 Å². The summed E-state index contributed by atoms with van der Waals surface area (Å²) in [7, 11) is 0. The van der Waals surface area contributed by atoms with E-state index in [2.05, 4.69) is 47.2 Å². The van der Waals surface area contributed by atoms with Crippen LogP contribution in [0.4, 0.5) is 0 Å². The Labute approximate surface area is 121 Å². The second-order valence-electron chi connectivity index (χ2n) is 4.48. The van der Waals surface area contributed by atoms with Gasteiger partial charge < -0.3 is 14.3 Å². The maximum atomic E-state index is 5.54. The van der Waals surface area contributed by atoms with E-state index in [1.54, 1.807) is 0 Å². The van der Waals surface area contributed by atoms with Crippen LogP contribution >= 0.6 is 15.9 Å². The van der Waals surface area contributed by atoms with Gasteiger partial charge >= 0.3 is 0 Å². The molecule has 104 valence electrons. The number of furan rings is 1. The van der Waals surface area contributed by atoms with Gasteiger partial charge in [-0.1, -0.05) is 19.0 Å². The largest absolute Gasteiger partial charge is 0.453 e. The van der Waals surface area contributed by atoms with Crippen LogP contribution in [-0.4, -0.2) is 5.16 Å². The highest BCUT2D eigenvalue weighted by Crippen LogP contribution is 2.21. The van der Waals surface area contributed by atoms with Crippen molar-refractivity contribution in [1.29, 1.82) is 0 Å². The fraction of sp³-hybridized carbons (Fsp3) is 0.500. The molecule has 2 heterocycles. The first-order valence-corrected chi connectivity index (χ1v) is 7.39. The Balaban J connectivity index is 2.04. The number of aromatic nitrogens is 1. The Morgan fingerprint density at radius 2 is 2.11 bits per heavy atom. The molecule has 0 radical (unpaired) electrons. The molecule has 2 rings (SSSR count). The molecular formula is C14H19BrN2O2. The van der Waals surface area contributed by atoms with Crippen LogP contribution in [0.25, 0.3) is 0 Å². The first-order chi connectivity index (χ1) is 9.15. The minimum atomic E-state index is 0.149. The van der Waals surface area contributed by atoms with E-state index in [9.17, 15) is 0 Å². The summed E-state index contributed by atoms with van der Waals surface area (Å²) in [6, 6.07) is 4.02. The Bertz CT molecular complexity index is 512. The average Bonchev–Trinajstić information content (AvgIpc) is 3.01. The summed E-state index contributed by atoms with van der Waals surface area (Å²) in [5.74, 6) is 1.89. The Kier molecular flexibility index (Phi) is 4.82. The van der Waals surface area contributed by atoms with Crippen LogP contribution in [0.15, 0.2) is 25.7 Å². The number of rotatable bonds is 6. The van der Waals surface area contributed by atoms with Crippen molar-refractivity contribution in [1.82, 2.24) is 10.5 Å². The molecule has 0 fully saturated rings. The van der Waals surface area contributed by atoms with Crippen LogP contribution in [0.2, 0.25) is 0 Å². The molecule has 2 aromatic rings. The molecule has 0 aliphatic heterocycles. The van der Waals surface area contributed by atoms with Crippen molar-refractivity contribution in [2.45, 2.75) is 46.2 Å². The zero-order valence-corrected chi connectivity index (χ0v) is 13.1. The molecular weight excluding hydrogens is 308 g/mol. The van der Waals surface area contributed by atoms with E-state index in [1.165, 1.54) is 5.56 Å². The summed E-state index contributed by atoms with van der Waals surface area (Å²) in [5.41, 5.74) is 2.22. The molecule has 0 aromatic carbocycles.